The van der Waals surface area contributed by atoms with Gasteiger partial charge in [0, 0.05) is 0 Å². The SMILES string of the molecule is [CH2-]CCC.[CH2-]N.[W+2]. The van der Waals surface area contributed by atoms with Crippen LogP contribution in [0.3, 0.4) is 0 Å². The molecule has 0 amide bonds. The fourth-order valence-electron chi connectivity index (χ4n) is 0. The molecule has 0 aromatic carbocycles. The molecule has 0 unspecified atom stereocenters. The fourth-order valence-corrected chi connectivity index (χ4v) is 0. The minimum atomic E-state index is 0. The zero-order valence-corrected chi connectivity index (χ0v) is 7.75. The number of nitrogens with two attached hydrogens (primary N) is 1. The monoisotopic (exact) mass is 271 g/mol. The molecule has 0 saturated carbocycles. The summed E-state index contributed by atoms with van der Waals surface area (Å²) in [5, 5.41) is 0. The second-order valence-electron chi connectivity index (χ2n) is 0.854. The molecule has 44 valence electrons. The minimum absolute atomic E-state index is 0. The molecule has 0 aromatic rings. The summed E-state index contributed by atoms with van der Waals surface area (Å²) in [7, 11) is 2.75. The summed E-state index contributed by atoms with van der Waals surface area (Å²) < 4.78 is 0. The minimum Gasteiger partial charge on any atom is -0.486 e. The summed E-state index contributed by atoms with van der Waals surface area (Å²) in [4.78, 5) is 0. The molecule has 0 aliphatic rings. The van der Waals surface area contributed by atoms with Gasteiger partial charge in [0.2, 0.25) is 0 Å². The molecule has 2 heteroatoms. The van der Waals surface area contributed by atoms with E-state index in [9.17, 15) is 0 Å². The molecule has 0 bridgehead atoms. The number of hydrogen-bond donors (Lipinski definition) is 1. The molecule has 0 aliphatic heterocycles. The first-order valence-electron chi connectivity index (χ1n) is 2.12. The standard InChI is InChI=1S/C4H9.CH4N.W/c1-3-4-2;1-2;/h1,3-4H2,2H3;1-2H2;/q2*-1;+2. The Morgan fingerprint density at radius 2 is 1.57 bits per heavy atom. The van der Waals surface area contributed by atoms with Crippen molar-refractivity contribution in [3.63, 3.8) is 0 Å². The normalized spacial score (nSPS) is 5.14. The Morgan fingerprint density at radius 3 is 1.57 bits per heavy atom. The van der Waals surface area contributed by atoms with Crippen molar-refractivity contribution in [2.45, 2.75) is 19.8 Å². The van der Waals surface area contributed by atoms with Crippen molar-refractivity contribution in [3.05, 3.63) is 14.0 Å². The quantitative estimate of drug-likeness (QED) is 0.716. The first-order chi connectivity index (χ1) is 2.91. The predicted molar refractivity (Wildman–Crippen MR) is 29.8 cm³/mol. The molecule has 0 heterocycles. The third-order valence-electron chi connectivity index (χ3n) is 0.354. The first-order valence-corrected chi connectivity index (χ1v) is 2.12. The van der Waals surface area contributed by atoms with Gasteiger partial charge in [-0.1, -0.05) is 13.3 Å². The second-order valence-corrected chi connectivity index (χ2v) is 0.854. The fraction of sp³-hybridized carbons (Fsp3) is 0.600. The maximum atomic E-state index is 4.25. The van der Waals surface area contributed by atoms with Crippen molar-refractivity contribution < 1.29 is 21.1 Å². The molecule has 7 heavy (non-hydrogen) atoms. The summed E-state index contributed by atoms with van der Waals surface area (Å²) in [6.45, 7) is 5.72. The van der Waals surface area contributed by atoms with Gasteiger partial charge in [0.25, 0.3) is 0 Å². The molecule has 0 rings (SSSR count). The van der Waals surface area contributed by atoms with Crippen LogP contribution in [0, 0.1) is 14.0 Å². The van der Waals surface area contributed by atoms with E-state index in [1.807, 2.05) is 0 Å². The van der Waals surface area contributed by atoms with Crippen LogP contribution in [0.1, 0.15) is 19.8 Å². The van der Waals surface area contributed by atoms with Crippen LogP contribution in [0.4, 0.5) is 0 Å². The van der Waals surface area contributed by atoms with Crippen molar-refractivity contribution in [2.75, 3.05) is 0 Å². The van der Waals surface area contributed by atoms with E-state index in [0.717, 1.165) is 6.42 Å². The Kier molecular flexibility index (Phi) is 67.6. The van der Waals surface area contributed by atoms with Crippen molar-refractivity contribution in [1.29, 1.82) is 0 Å². The molecule has 0 spiro atoms. The van der Waals surface area contributed by atoms with Gasteiger partial charge in [-0.15, -0.1) is 0 Å². The molecule has 1 nitrogen and oxygen atoms in total. The van der Waals surface area contributed by atoms with Crippen LogP contribution in [0.15, 0.2) is 0 Å². The van der Waals surface area contributed by atoms with Gasteiger partial charge in [-0.05, 0) is 0 Å². The molecule has 0 atom stereocenters. The van der Waals surface area contributed by atoms with Crippen LogP contribution in [0.25, 0.3) is 0 Å². The molecule has 0 aromatic heterocycles. The van der Waals surface area contributed by atoms with Gasteiger partial charge in [0.1, 0.15) is 0 Å². The van der Waals surface area contributed by atoms with Crippen LogP contribution >= 0.6 is 0 Å². The smallest absolute Gasteiger partial charge is 0.486 e. The third-order valence-corrected chi connectivity index (χ3v) is 0.354. The van der Waals surface area contributed by atoms with Gasteiger partial charge < -0.3 is 12.7 Å². The summed E-state index contributed by atoms with van der Waals surface area (Å²) in [6, 6.07) is 0. The summed E-state index contributed by atoms with van der Waals surface area (Å²) in [5.74, 6) is 0. The number of rotatable bonds is 1. The predicted octanol–water partition coefficient (Wildman–Crippen LogP) is 1.35. The summed E-state index contributed by atoms with van der Waals surface area (Å²) >= 11 is 0. The van der Waals surface area contributed by atoms with Gasteiger partial charge in [0.05, 0.1) is 0 Å². The molecule has 0 saturated heterocycles. The molecule has 0 aliphatic carbocycles. The Morgan fingerprint density at radius 1 is 1.43 bits per heavy atom. The van der Waals surface area contributed by atoms with Crippen LogP contribution in [0.2, 0.25) is 0 Å². The zero-order chi connectivity index (χ0) is 5.41. The van der Waals surface area contributed by atoms with Crippen molar-refractivity contribution in [2.24, 2.45) is 5.73 Å². The Bertz CT molecular complexity index is 10.0. The molecular weight excluding hydrogens is 258 g/mol. The average molecular weight is 271 g/mol. The maximum Gasteiger partial charge on any atom is 2.00 e. The van der Waals surface area contributed by atoms with Crippen LogP contribution < -0.4 is 5.73 Å². The van der Waals surface area contributed by atoms with Gasteiger partial charge in [-0.25, -0.2) is 0 Å². The average Bonchev–Trinajstić information content (AvgIpc) is 1.72. The maximum absolute atomic E-state index is 4.25. The molecular formula is C5H13NW. The summed E-state index contributed by atoms with van der Waals surface area (Å²) in [6.07, 6.45) is 2.28. The Hall–Kier alpha value is 0.648. The van der Waals surface area contributed by atoms with Crippen molar-refractivity contribution >= 4 is 0 Å². The zero-order valence-electron chi connectivity index (χ0n) is 4.81. The van der Waals surface area contributed by atoms with E-state index in [1.165, 1.54) is 6.42 Å². The largest absolute Gasteiger partial charge is 2.00 e. The molecule has 0 radical (unpaired) electrons. The van der Waals surface area contributed by atoms with E-state index in [0.29, 0.717) is 0 Å². The summed E-state index contributed by atoms with van der Waals surface area (Å²) in [5.41, 5.74) is 4.25. The third kappa shape index (κ3) is 52.9. The topological polar surface area (TPSA) is 26.0 Å². The number of unbranched alkanes of at least 4 members (excludes halogenated alkanes) is 1. The first kappa shape index (κ1) is 15.6. The van der Waals surface area contributed by atoms with Crippen LogP contribution in [0.5, 0.6) is 0 Å². The Balaban J connectivity index is -0.0000000480. The Labute approximate surface area is 60.9 Å². The second kappa shape index (κ2) is 30.2. The van der Waals surface area contributed by atoms with E-state index >= 15 is 0 Å². The van der Waals surface area contributed by atoms with Crippen LogP contribution in [-0.4, -0.2) is 0 Å². The van der Waals surface area contributed by atoms with Crippen molar-refractivity contribution in [3.8, 4) is 0 Å². The van der Waals surface area contributed by atoms with Gasteiger partial charge in [0.15, 0.2) is 0 Å². The van der Waals surface area contributed by atoms with E-state index in [2.05, 4.69) is 26.6 Å². The number of hydrogen-bond acceptors (Lipinski definition) is 1. The molecule has 2 N–H and O–H groups in total. The van der Waals surface area contributed by atoms with E-state index < -0.39 is 0 Å². The van der Waals surface area contributed by atoms with Gasteiger partial charge >= 0.3 is 21.1 Å². The van der Waals surface area contributed by atoms with Gasteiger partial charge in [-0.3, -0.25) is 7.05 Å². The van der Waals surface area contributed by atoms with Crippen molar-refractivity contribution in [1.82, 2.24) is 0 Å². The molecule has 0 fully saturated rings. The van der Waals surface area contributed by atoms with E-state index in [4.69, 9.17) is 0 Å². The van der Waals surface area contributed by atoms with E-state index in [1.54, 1.807) is 0 Å². The van der Waals surface area contributed by atoms with Crippen LogP contribution in [-0.2, 0) is 21.1 Å². The van der Waals surface area contributed by atoms with E-state index in [-0.39, 0.29) is 21.1 Å². The van der Waals surface area contributed by atoms with Gasteiger partial charge in [-0.2, -0.15) is 6.42 Å².